The van der Waals surface area contributed by atoms with Gasteiger partial charge in [0.05, 0.1) is 6.10 Å². The molecule has 1 aromatic rings. The van der Waals surface area contributed by atoms with Crippen molar-refractivity contribution in [3.05, 3.63) is 17.8 Å². The van der Waals surface area contributed by atoms with Gasteiger partial charge in [0.1, 0.15) is 5.76 Å². The molecule has 2 aliphatic rings. The van der Waals surface area contributed by atoms with Gasteiger partial charge in [-0.05, 0) is 25.2 Å². The van der Waals surface area contributed by atoms with Gasteiger partial charge in [-0.1, -0.05) is 20.8 Å². The molecule has 1 aromatic heterocycles. The molecule has 3 rings (SSSR count). The van der Waals surface area contributed by atoms with Crippen LogP contribution in [0.15, 0.2) is 10.8 Å². The average Bonchev–Trinajstić information content (AvgIpc) is 3.21. The summed E-state index contributed by atoms with van der Waals surface area (Å²) in [6, 6.07) is 0.190. The number of piperidine rings is 1. The lowest BCUT2D eigenvalue weighted by molar-refractivity contribution is 0.0497. The molecule has 1 amide bonds. The Morgan fingerprint density at radius 2 is 2.29 bits per heavy atom. The molecular weight excluding hydrogens is 306 g/mol. The van der Waals surface area contributed by atoms with E-state index in [2.05, 4.69) is 22.1 Å². The van der Waals surface area contributed by atoms with Crippen LogP contribution in [-0.4, -0.2) is 54.2 Å². The van der Waals surface area contributed by atoms with Gasteiger partial charge in [0, 0.05) is 38.2 Å². The molecule has 134 valence electrons. The number of oxazole rings is 1. The summed E-state index contributed by atoms with van der Waals surface area (Å²) in [6.45, 7) is 10.1. The number of rotatable bonds is 5. The molecule has 0 unspecified atom stereocenters. The standard InChI is InChI=1S/C18H29N3O3/c1-12(2)17-16(19-11-24-17)18(22)20-15-6-7-21(9-13(15)3)10-14-5-4-8-23-14/h11-15H,4-10H2,1-3H3,(H,20,22)/t13-,14-,15-/m1/s1. The number of nitrogens with one attached hydrogen (secondary N) is 1. The third-order valence-corrected chi connectivity index (χ3v) is 5.13. The van der Waals surface area contributed by atoms with Crippen LogP contribution >= 0.6 is 0 Å². The van der Waals surface area contributed by atoms with Crippen LogP contribution in [0.3, 0.4) is 0 Å². The molecule has 2 fully saturated rings. The largest absolute Gasteiger partial charge is 0.447 e. The Kier molecular flexibility index (Phi) is 5.56. The fraction of sp³-hybridized carbons (Fsp3) is 0.778. The number of likely N-dealkylation sites (tertiary alicyclic amines) is 1. The molecule has 1 N–H and O–H groups in total. The number of nitrogens with zero attached hydrogens (tertiary/aromatic N) is 2. The number of hydrogen-bond acceptors (Lipinski definition) is 5. The Morgan fingerprint density at radius 3 is 2.96 bits per heavy atom. The summed E-state index contributed by atoms with van der Waals surface area (Å²) in [5, 5.41) is 3.16. The molecule has 24 heavy (non-hydrogen) atoms. The SMILES string of the molecule is CC(C)c1ocnc1C(=O)N[C@@H]1CCN(C[C@H]2CCCO2)C[C@H]1C. The summed E-state index contributed by atoms with van der Waals surface area (Å²) in [4.78, 5) is 19.1. The van der Waals surface area contributed by atoms with Crippen LogP contribution in [0.4, 0.5) is 0 Å². The first-order valence-electron chi connectivity index (χ1n) is 9.12. The third-order valence-electron chi connectivity index (χ3n) is 5.13. The first kappa shape index (κ1) is 17.4. The van der Waals surface area contributed by atoms with Crippen LogP contribution in [0.2, 0.25) is 0 Å². The van der Waals surface area contributed by atoms with Gasteiger partial charge in [-0.2, -0.15) is 0 Å². The van der Waals surface area contributed by atoms with E-state index in [0.717, 1.165) is 32.7 Å². The first-order valence-corrected chi connectivity index (χ1v) is 9.12. The fourth-order valence-electron chi connectivity index (χ4n) is 3.76. The highest BCUT2D eigenvalue weighted by molar-refractivity contribution is 5.93. The van der Waals surface area contributed by atoms with E-state index in [9.17, 15) is 4.79 Å². The van der Waals surface area contributed by atoms with E-state index in [0.29, 0.717) is 23.5 Å². The maximum Gasteiger partial charge on any atom is 0.273 e. The smallest absolute Gasteiger partial charge is 0.273 e. The highest BCUT2D eigenvalue weighted by Gasteiger charge is 2.30. The van der Waals surface area contributed by atoms with Crippen molar-refractivity contribution in [3.63, 3.8) is 0 Å². The van der Waals surface area contributed by atoms with Crippen LogP contribution in [0.25, 0.3) is 0 Å². The van der Waals surface area contributed by atoms with Crippen molar-refractivity contribution in [2.75, 3.05) is 26.2 Å². The summed E-state index contributed by atoms with van der Waals surface area (Å²) in [5.74, 6) is 1.12. The van der Waals surface area contributed by atoms with Crippen molar-refractivity contribution >= 4 is 5.91 Å². The van der Waals surface area contributed by atoms with Gasteiger partial charge in [-0.25, -0.2) is 4.98 Å². The number of aromatic nitrogens is 1. The average molecular weight is 335 g/mol. The van der Waals surface area contributed by atoms with Crippen molar-refractivity contribution in [2.24, 2.45) is 5.92 Å². The Bertz CT molecular complexity index is 551. The van der Waals surface area contributed by atoms with Crippen molar-refractivity contribution in [2.45, 2.75) is 58.1 Å². The molecule has 0 spiro atoms. The predicted octanol–water partition coefficient (Wildman–Crippen LogP) is 2.42. The zero-order valence-electron chi connectivity index (χ0n) is 15.0. The molecule has 0 aromatic carbocycles. The maximum atomic E-state index is 12.5. The summed E-state index contributed by atoms with van der Waals surface area (Å²) in [5.41, 5.74) is 0.430. The monoisotopic (exact) mass is 335 g/mol. The van der Waals surface area contributed by atoms with E-state index in [1.807, 2.05) is 13.8 Å². The molecule has 6 nitrogen and oxygen atoms in total. The zero-order valence-corrected chi connectivity index (χ0v) is 15.0. The molecular formula is C18H29N3O3. The topological polar surface area (TPSA) is 67.6 Å². The predicted molar refractivity (Wildman–Crippen MR) is 91.0 cm³/mol. The summed E-state index contributed by atoms with van der Waals surface area (Å²) >= 11 is 0. The van der Waals surface area contributed by atoms with E-state index in [1.54, 1.807) is 0 Å². The first-order chi connectivity index (χ1) is 11.5. The lowest BCUT2D eigenvalue weighted by atomic mass is 9.93. The summed E-state index contributed by atoms with van der Waals surface area (Å²) in [7, 11) is 0. The van der Waals surface area contributed by atoms with Crippen LogP contribution in [0.1, 0.15) is 62.2 Å². The number of hydrogen-bond donors (Lipinski definition) is 1. The normalized spacial score (nSPS) is 28.4. The van der Waals surface area contributed by atoms with Gasteiger partial charge in [0.15, 0.2) is 12.1 Å². The van der Waals surface area contributed by atoms with Gasteiger partial charge in [0.2, 0.25) is 0 Å². The van der Waals surface area contributed by atoms with Crippen LogP contribution in [-0.2, 0) is 4.74 Å². The van der Waals surface area contributed by atoms with E-state index in [1.165, 1.54) is 19.2 Å². The molecule has 0 aliphatic carbocycles. The molecule has 0 saturated carbocycles. The molecule has 2 saturated heterocycles. The van der Waals surface area contributed by atoms with Crippen molar-refractivity contribution in [3.8, 4) is 0 Å². The van der Waals surface area contributed by atoms with E-state index >= 15 is 0 Å². The van der Waals surface area contributed by atoms with Gasteiger partial charge in [0.25, 0.3) is 5.91 Å². The van der Waals surface area contributed by atoms with Gasteiger partial charge >= 0.3 is 0 Å². The second kappa shape index (κ2) is 7.66. The molecule has 2 aliphatic heterocycles. The quantitative estimate of drug-likeness (QED) is 0.895. The second-order valence-electron chi connectivity index (χ2n) is 7.46. The summed E-state index contributed by atoms with van der Waals surface area (Å²) in [6.07, 6.45) is 5.08. The lowest BCUT2D eigenvalue weighted by Gasteiger charge is -2.38. The van der Waals surface area contributed by atoms with Crippen molar-refractivity contribution in [1.82, 2.24) is 15.2 Å². The maximum absolute atomic E-state index is 12.5. The highest BCUT2D eigenvalue weighted by atomic mass is 16.5. The molecule has 3 heterocycles. The lowest BCUT2D eigenvalue weighted by Crippen LogP contribution is -2.51. The van der Waals surface area contributed by atoms with Crippen LogP contribution < -0.4 is 5.32 Å². The van der Waals surface area contributed by atoms with Crippen LogP contribution in [0.5, 0.6) is 0 Å². The van der Waals surface area contributed by atoms with Crippen molar-refractivity contribution < 1.29 is 13.9 Å². The molecule has 0 radical (unpaired) electrons. The van der Waals surface area contributed by atoms with E-state index in [-0.39, 0.29) is 17.9 Å². The Morgan fingerprint density at radius 1 is 1.46 bits per heavy atom. The Labute approximate surface area is 143 Å². The van der Waals surface area contributed by atoms with E-state index in [4.69, 9.17) is 9.15 Å². The number of carbonyl (C=O) groups is 1. The van der Waals surface area contributed by atoms with Gasteiger partial charge in [-0.15, -0.1) is 0 Å². The minimum Gasteiger partial charge on any atom is -0.447 e. The minimum absolute atomic E-state index is 0.114. The molecule has 0 bridgehead atoms. The number of ether oxygens (including phenoxy) is 1. The van der Waals surface area contributed by atoms with Crippen LogP contribution in [0, 0.1) is 5.92 Å². The van der Waals surface area contributed by atoms with E-state index < -0.39 is 0 Å². The number of carbonyl (C=O) groups excluding carboxylic acids is 1. The third kappa shape index (κ3) is 3.98. The summed E-state index contributed by atoms with van der Waals surface area (Å²) < 4.78 is 11.1. The molecule has 3 atom stereocenters. The van der Waals surface area contributed by atoms with Gasteiger partial charge < -0.3 is 19.4 Å². The molecule has 6 heteroatoms. The Balaban J connectivity index is 1.52. The minimum atomic E-state index is -0.114. The number of amides is 1. The van der Waals surface area contributed by atoms with Crippen molar-refractivity contribution in [1.29, 1.82) is 0 Å². The second-order valence-corrected chi connectivity index (χ2v) is 7.46. The fourth-order valence-corrected chi connectivity index (χ4v) is 3.76. The zero-order chi connectivity index (χ0) is 17.1. The Hall–Kier alpha value is -1.40. The highest BCUT2D eigenvalue weighted by Crippen LogP contribution is 2.22. The van der Waals surface area contributed by atoms with Gasteiger partial charge in [-0.3, -0.25) is 4.79 Å².